The molecule has 3 aromatic carbocycles. The molecule has 0 aliphatic rings. The van der Waals surface area contributed by atoms with E-state index in [2.05, 4.69) is 35.5 Å². The van der Waals surface area contributed by atoms with Crippen molar-refractivity contribution >= 4 is 5.91 Å². The first-order chi connectivity index (χ1) is 21.0. The van der Waals surface area contributed by atoms with Gasteiger partial charge < -0.3 is 20.5 Å². The lowest BCUT2D eigenvalue weighted by atomic mass is 10.0. The molecule has 0 bridgehead atoms. The van der Waals surface area contributed by atoms with Gasteiger partial charge in [0.25, 0.3) is 0 Å². The maximum atomic E-state index is 12.8. The van der Waals surface area contributed by atoms with E-state index in [1.165, 1.54) is 0 Å². The van der Waals surface area contributed by atoms with Gasteiger partial charge in [-0.2, -0.15) is 0 Å². The van der Waals surface area contributed by atoms with E-state index in [1.807, 2.05) is 79.0 Å². The summed E-state index contributed by atoms with van der Waals surface area (Å²) >= 11 is 0. The lowest BCUT2D eigenvalue weighted by Gasteiger charge is -2.18. The number of benzene rings is 3. The van der Waals surface area contributed by atoms with Crippen LogP contribution in [0.15, 0.2) is 85.1 Å². The highest BCUT2D eigenvalue weighted by Gasteiger charge is 2.16. The van der Waals surface area contributed by atoms with E-state index in [4.69, 9.17) is 15.2 Å². The third kappa shape index (κ3) is 10.6. The Labute approximate surface area is 255 Å². The van der Waals surface area contributed by atoms with Crippen molar-refractivity contribution in [3.05, 3.63) is 96.3 Å². The Hall–Kier alpha value is -4.17. The summed E-state index contributed by atoms with van der Waals surface area (Å²) in [6, 6.07) is 26.0. The normalized spacial score (nSPS) is 11.8. The van der Waals surface area contributed by atoms with Crippen LogP contribution in [0.1, 0.15) is 57.2 Å². The molecule has 0 saturated heterocycles. The molecule has 0 fully saturated rings. The molecule has 0 unspecified atom stereocenters. The number of para-hydroxylation sites is 2. The van der Waals surface area contributed by atoms with Crippen LogP contribution in [0, 0.1) is 5.92 Å². The molecule has 43 heavy (non-hydrogen) atoms. The van der Waals surface area contributed by atoms with Gasteiger partial charge in [0.15, 0.2) is 0 Å². The molecule has 1 amide bonds. The van der Waals surface area contributed by atoms with Gasteiger partial charge in [-0.25, -0.2) is 0 Å². The molecule has 0 radical (unpaired) electrons. The van der Waals surface area contributed by atoms with Gasteiger partial charge in [-0.05, 0) is 55.8 Å². The van der Waals surface area contributed by atoms with Crippen molar-refractivity contribution in [2.45, 2.75) is 71.6 Å². The van der Waals surface area contributed by atoms with E-state index in [0.717, 1.165) is 53.9 Å². The zero-order valence-electron chi connectivity index (χ0n) is 25.5. The highest BCUT2D eigenvalue weighted by molar-refractivity contribution is 5.76. The molecule has 0 spiro atoms. The van der Waals surface area contributed by atoms with Crippen LogP contribution in [0.2, 0.25) is 0 Å². The number of unbranched alkanes of at least 4 members (excludes halogenated alkanes) is 1. The molecule has 0 aliphatic heterocycles. The summed E-state index contributed by atoms with van der Waals surface area (Å²) < 4.78 is 14.2. The van der Waals surface area contributed by atoms with Crippen molar-refractivity contribution < 1.29 is 14.3 Å². The first-order valence-electron chi connectivity index (χ1n) is 15.4. The smallest absolute Gasteiger partial charge is 0.220 e. The maximum Gasteiger partial charge on any atom is 0.220 e. The van der Waals surface area contributed by atoms with Gasteiger partial charge in [0.2, 0.25) is 5.91 Å². The number of carbonyl (C=O) groups is 1. The van der Waals surface area contributed by atoms with Crippen LogP contribution in [0.25, 0.3) is 11.1 Å². The van der Waals surface area contributed by atoms with Gasteiger partial charge in [-0.3, -0.25) is 9.48 Å². The lowest BCUT2D eigenvalue weighted by Crippen LogP contribution is -2.38. The second-order valence-corrected chi connectivity index (χ2v) is 11.3. The quantitative estimate of drug-likeness (QED) is 0.135. The van der Waals surface area contributed by atoms with E-state index in [0.29, 0.717) is 44.1 Å². The van der Waals surface area contributed by atoms with Crippen LogP contribution < -0.4 is 20.5 Å². The zero-order chi connectivity index (χ0) is 30.3. The predicted octanol–water partition coefficient (Wildman–Crippen LogP) is 6.20. The van der Waals surface area contributed by atoms with Crippen LogP contribution in [0.4, 0.5) is 0 Å². The Kier molecular flexibility index (Phi) is 12.6. The number of aromatic nitrogens is 3. The van der Waals surface area contributed by atoms with E-state index in [9.17, 15) is 4.79 Å². The minimum Gasteiger partial charge on any atom is -0.493 e. The first kappa shape index (κ1) is 31.8. The molecule has 228 valence electrons. The Bertz CT molecular complexity index is 1390. The number of nitrogens with two attached hydrogens (primary N) is 1. The predicted molar refractivity (Wildman–Crippen MR) is 171 cm³/mol. The molecule has 1 atom stereocenters. The molecule has 0 saturated carbocycles. The van der Waals surface area contributed by atoms with E-state index < -0.39 is 0 Å². The van der Waals surface area contributed by atoms with Crippen LogP contribution in [-0.4, -0.2) is 40.1 Å². The summed E-state index contributed by atoms with van der Waals surface area (Å²) in [7, 11) is 0. The van der Waals surface area contributed by atoms with Crippen LogP contribution >= 0.6 is 0 Å². The van der Waals surface area contributed by atoms with Crippen LogP contribution in [0.5, 0.6) is 11.5 Å². The molecule has 8 heteroatoms. The SMILES string of the molecule is CC(C)CCOc1ccccc1-c1ccccc1OCc1cn(C[C@@H](CCCCN)NC(=O)CCc2ccccc2)nn1. The minimum absolute atomic E-state index is 0.0374. The van der Waals surface area contributed by atoms with Gasteiger partial charge in [-0.1, -0.05) is 92.2 Å². The van der Waals surface area contributed by atoms with Crippen molar-refractivity contribution in [2.75, 3.05) is 13.2 Å². The average molecular weight is 584 g/mol. The Morgan fingerprint density at radius 3 is 2.26 bits per heavy atom. The number of hydrogen-bond donors (Lipinski definition) is 2. The number of nitrogens with one attached hydrogen (secondary N) is 1. The fourth-order valence-electron chi connectivity index (χ4n) is 4.85. The van der Waals surface area contributed by atoms with Crippen LogP contribution in [0.3, 0.4) is 0 Å². The van der Waals surface area contributed by atoms with Gasteiger partial charge in [0.1, 0.15) is 23.8 Å². The van der Waals surface area contributed by atoms with E-state index in [1.54, 1.807) is 4.68 Å². The van der Waals surface area contributed by atoms with E-state index in [-0.39, 0.29) is 18.6 Å². The lowest BCUT2D eigenvalue weighted by molar-refractivity contribution is -0.121. The second kappa shape index (κ2) is 17.1. The van der Waals surface area contributed by atoms with Crippen molar-refractivity contribution in [1.29, 1.82) is 0 Å². The Morgan fingerprint density at radius 1 is 0.884 bits per heavy atom. The first-order valence-corrected chi connectivity index (χ1v) is 15.4. The third-order valence-electron chi connectivity index (χ3n) is 7.24. The van der Waals surface area contributed by atoms with Gasteiger partial charge in [-0.15, -0.1) is 5.10 Å². The monoisotopic (exact) mass is 583 g/mol. The fourth-order valence-corrected chi connectivity index (χ4v) is 4.85. The number of ether oxygens (including phenoxy) is 2. The summed E-state index contributed by atoms with van der Waals surface area (Å²) in [6.07, 6.45) is 6.71. The summed E-state index contributed by atoms with van der Waals surface area (Å²) in [5.41, 5.74) is 9.55. The van der Waals surface area contributed by atoms with Crippen molar-refractivity contribution in [2.24, 2.45) is 11.7 Å². The second-order valence-electron chi connectivity index (χ2n) is 11.3. The summed E-state index contributed by atoms with van der Waals surface area (Å²) in [5.74, 6) is 2.21. The fraction of sp³-hybridized carbons (Fsp3) is 0.400. The topological polar surface area (TPSA) is 104 Å². The summed E-state index contributed by atoms with van der Waals surface area (Å²) in [6.45, 7) is 6.50. The third-order valence-corrected chi connectivity index (χ3v) is 7.24. The molecule has 8 nitrogen and oxygen atoms in total. The molecule has 1 heterocycles. The number of amides is 1. The highest BCUT2D eigenvalue weighted by atomic mass is 16.5. The number of carbonyl (C=O) groups excluding carboxylic acids is 1. The zero-order valence-corrected chi connectivity index (χ0v) is 25.5. The number of aryl methyl sites for hydroxylation is 1. The molecule has 4 aromatic rings. The largest absolute Gasteiger partial charge is 0.493 e. The Balaban J connectivity index is 1.36. The number of hydrogen-bond acceptors (Lipinski definition) is 6. The minimum atomic E-state index is -0.0572. The van der Waals surface area contributed by atoms with Crippen molar-refractivity contribution in [1.82, 2.24) is 20.3 Å². The average Bonchev–Trinajstić information content (AvgIpc) is 3.47. The van der Waals surface area contributed by atoms with Crippen LogP contribution in [-0.2, 0) is 24.4 Å². The van der Waals surface area contributed by atoms with Gasteiger partial charge >= 0.3 is 0 Å². The molecule has 1 aromatic heterocycles. The standard InChI is InChI=1S/C35H45N5O3/c1-27(2)21-23-42-33-17-8-6-15-31(33)32-16-7-9-18-34(32)43-26-30-25-40(39-38-30)24-29(14-10-11-22-36)37-35(41)20-19-28-12-4-3-5-13-28/h3-9,12-13,15-18,25,27,29H,10-11,14,19-24,26,36H2,1-2H3,(H,37,41)/t29-/m1/s1. The molecule has 0 aliphatic carbocycles. The maximum absolute atomic E-state index is 12.8. The molecular formula is C35H45N5O3. The summed E-state index contributed by atoms with van der Waals surface area (Å²) in [4.78, 5) is 12.8. The highest BCUT2D eigenvalue weighted by Crippen LogP contribution is 2.36. The Morgan fingerprint density at radius 2 is 1.56 bits per heavy atom. The van der Waals surface area contributed by atoms with Gasteiger partial charge in [0.05, 0.1) is 19.3 Å². The molecule has 3 N–H and O–H groups in total. The van der Waals surface area contributed by atoms with E-state index >= 15 is 0 Å². The number of rotatable bonds is 18. The van der Waals surface area contributed by atoms with Crippen molar-refractivity contribution in [3.63, 3.8) is 0 Å². The molecular weight excluding hydrogens is 538 g/mol. The molecule has 4 rings (SSSR count). The van der Waals surface area contributed by atoms with Crippen molar-refractivity contribution in [3.8, 4) is 22.6 Å². The van der Waals surface area contributed by atoms with Gasteiger partial charge in [0, 0.05) is 23.6 Å². The summed E-state index contributed by atoms with van der Waals surface area (Å²) in [5, 5.41) is 11.9. The number of nitrogens with zero attached hydrogens (tertiary/aromatic N) is 3.